The molecule has 1 aliphatic heterocycles. The summed E-state index contributed by atoms with van der Waals surface area (Å²) in [5.74, 6) is 1.52. The maximum atomic E-state index is 12.0. The third-order valence-corrected chi connectivity index (χ3v) is 4.53. The normalized spacial score (nSPS) is 12.9. The highest BCUT2D eigenvalue weighted by Crippen LogP contribution is 2.21. The summed E-state index contributed by atoms with van der Waals surface area (Å²) in [5.41, 5.74) is 2.23. The van der Waals surface area contributed by atoms with Crippen LogP contribution in [0.4, 0.5) is 10.6 Å². The summed E-state index contributed by atoms with van der Waals surface area (Å²) in [6, 6.07) is 17.7. The smallest absolute Gasteiger partial charge is 0.410 e. The fraction of sp³-hybridized carbons (Fsp3) is 0.238. The summed E-state index contributed by atoms with van der Waals surface area (Å²) < 4.78 is 5.37. The van der Waals surface area contributed by atoms with Gasteiger partial charge in [-0.05, 0) is 47.4 Å². The minimum absolute atomic E-state index is 0.448. The number of fused-ring (bicyclic) bond motifs is 2. The first-order valence-electron chi connectivity index (χ1n) is 8.95. The molecule has 0 aliphatic carbocycles. The Hall–Kier alpha value is -3.08. The van der Waals surface area contributed by atoms with Crippen LogP contribution in [0.3, 0.4) is 0 Å². The van der Waals surface area contributed by atoms with E-state index >= 15 is 0 Å². The lowest BCUT2D eigenvalue weighted by Crippen LogP contribution is -2.29. The Balaban J connectivity index is 1.31. The van der Waals surface area contributed by atoms with Crippen LogP contribution in [0.2, 0.25) is 0 Å². The molecular weight excluding hydrogens is 326 g/mol. The van der Waals surface area contributed by atoms with Crippen molar-refractivity contribution in [2.75, 3.05) is 18.4 Å². The van der Waals surface area contributed by atoms with Gasteiger partial charge in [-0.25, -0.2) is 9.78 Å². The Morgan fingerprint density at radius 3 is 2.92 bits per heavy atom. The number of hydrogen-bond donors (Lipinski definition) is 2. The van der Waals surface area contributed by atoms with Gasteiger partial charge < -0.3 is 15.4 Å². The molecule has 0 saturated carbocycles. The molecule has 2 heterocycles. The van der Waals surface area contributed by atoms with Crippen LogP contribution in [-0.4, -0.2) is 24.2 Å². The van der Waals surface area contributed by atoms with Crippen LogP contribution >= 0.6 is 0 Å². The zero-order valence-corrected chi connectivity index (χ0v) is 14.5. The number of carbonyl (C=O) groups excluding carboxylic acids is 1. The third kappa shape index (κ3) is 3.77. The van der Waals surface area contributed by atoms with Gasteiger partial charge in [0, 0.05) is 25.2 Å². The number of aromatic nitrogens is 1. The van der Waals surface area contributed by atoms with Crippen LogP contribution in [0, 0.1) is 0 Å². The number of carbonyl (C=O) groups is 1. The summed E-state index contributed by atoms with van der Waals surface area (Å²) in [6.45, 7) is 1.46. The highest BCUT2D eigenvalue weighted by atomic mass is 16.6. The zero-order chi connectivity index (χ0) is 17.8. The van der Waals surface area contributed by atoms with Gasteiger partial charge in [0.05, 0.1) is 0 Å². The van der Waals surface area contributed by atoms with Crippen molar-refractivity contribution >= 4 is 22.7 Å². The van der Waals surface area contributed by atoms with Gasteiger partial charge in [0.1, 0.15) is 11.6 Å². The minimum Gasteiger partial charge on any atom is -0.410 e. The molecule has 2 N–H and O–H groups in total. The fourth-order valence-electron chi connectivity index (χ4n) is 3.17. The number of aryl methyl sites for hydroxylation is 1. The van der Waals surface area contributed by atoms with Crippen molar-refractivity contribution in [3.63, 3.8) is 0 Å². The van der Waals surface area contributed by atoms with E-state index in [1.54, 1.807) is 6.07 Å². The molecule has 0 spiro atoms. The van der Waals surface area contributed by atoms with Crippen LogP contribution in [0.25, 0.3) is 10.8 Å². The predicted molar refractivity (Wildman–Crippen MR) is 103 cm³/mol. The molecule has 0 atom stereocenters. The first kappa shape index (κ1) is 16.4. The molecule has 2 aromatic carbocycles. The van der Waals surface area contributed by atoms with Crippen molar-refractivity contribution in [1.82, 2.24) is 10.3 Å². The molecule has 26 heavy (non-hydrogen) atoms. The van der Waals surface area contributed by atoms with Crippen molar-refractivity contribution in [3.05, 3.63) is 65.9 Å². The Morgan fingerprint density at radius 2 is 2.00 bits per heavy atom. The molecule has 1 aromatic heterocycles. The van der Waals surface area contributed by atoms with E-state index in [4.69, 9.17) is 4.74 Å². The van der Waals surface area contributed by atoms with Crippen molar-refractivity contribution in [3.8, 4) is 5.75 Å². The molecule has 0 bridgehead atoms. The van der Waals surface area contributed by atoms with E-state index in [2.05, 4.69) is 21.7 Å². The summed E-state index contributed by atoms with van der Waals surface area (Å²) in [4.78, 5) is 16.6. The number of nitrogens with one attached hydrogen (secondary N) is 2. The topological polar surface area (TPSA) is 63.2 Å². The highest BCUT2D eigenvalue weighted by molar-refractivity contribution is 5.84. The van der Waals surface area contributed by atoms with Gasteiger partial charge in [-0.2, -0.15) is 0 Å². The standard InChI is InChI=1S/C21H21N3O2/c25-21(26-19-10-8-15-4-1-2-5-17(15)14-19)23-13-11-18-9-7-16-6-3-12-22-20(16)24-18/h1-2,4-5,7-10,14H,3,6,11-13H2,(H,22,24)(H,23,25). The maximum absolute atomic E-state index is 12.0. The second-order valence-corrected chi connectivity index (χ2v) is 6.42. The van der Waals surface area contributed by atoms with Crippen LogP contribution < -0.4 is 15.4 Å². The summed E-state index contributed by atoms with van der Waals surface area (Å²) >= 11 is 0. The molecule has 0 saturated heterocycles. The molecule has 1 aliphatic rings. The van der Waals surface area contributed by atoms with Crippen molar-refractivity contribution < 1.29 is 9.53 Å². The number of amides is 1. The number of ether oxygens (including phenoxy) is 1. The molecular formula is C21H21N3O2. The van der Waals surface area contributed by atoms with Gasteiger partial charge in [0.2, 0.25) is 0 Å². The van der Waals surface area contributed by atoms with E-state index in [0.29, 0.717) is 18.7 Å². The average Bonchev–Trinajstić information content (AvgIpc) is 2.68. The predicted octanol–water partition coefficient (Wildman–Crippen LogP) is 3.92. The van der Waals surface area contributed by atoms with Gasteiger partial charge in [0.15, 0.2) is 0 Å². The van der Waals surface area contributed by atoms with Crippen LogP contribution in [0.15, 0.2) is 54.6 Å². The molecule has 132 valence electrons. The minimum atomic E-state index is -0.448. The number of benzene rings is 2. The largest absolute Gasteiger partial charge is 0.412 e. The summed E-state index contributed by atoms with van der Waals surface area (Å²) in [5, 5.41) is 8.28. The monoisotopic (exact) mass is 347 g/mol. The SMILES string of the molecule is O=C(NCCc1ccc2c(n1)NCCC2)Oc1ccc2ccccc2c1. The van der Waals surface area contributed by atoms with Gasteiger partial charge in [-0.15, -0.1) is 0 Å². The van der Waals surface area contributed by atoms with Crippen LogP contribution in [0.5, 0.6) is 5.75 Å². The number of anilines is 1. The number of rotatable bonds is 4. The van der Waals surface area contributed by atoms with Gasteiger partial charge in [-0.1, -0.05) is 36.4 Å². The Bertz CT molecular complexity index is 939. The molecule has 0 unspecified atom stereocenters. The Morgan fingerprint density at radius 1 is 1.12 bits per heavy atom. The van der Waals surface area contributed by atoms with Crippen molar-refractivity contribution in [2.24, 2.45) is 0 Å². The summed E-state index contributed by atoms with van der Waals surface area (Å²) in [7, 11) is 0. The molecule has 5 nitrogen and oxygen atoms in total. The van der Waals surface area contributed by atoms with Gasteiger partial charge in [-0.3, -0.25) is 0 Å². The maximum Gasteiger partial charge on any atom is 0.412 e. The molecule has 4 rings (SSSR count). The number of hydrogen-bond acceptors (Lipinski definition) is 4. The molecule has 3 aromatic rings. The van der Waals surface area contributed by atoms with E-state index < -0.39 is 6.09 Å². The Kier molecular flexibility index (Phi) is 4.69. The van der Waals surface area contributed by atoms with Crippen LogP contribution in [0.1, 0.15) is 17.7 Å². The molecule has 0 fully saturated rings. The first-order valence-corrected chi connectivity index (χ1v) is 8.95. The van der Waals surface area contributed by atoms with Crippen molar-refractivity contribution in [1.29, 1.82) is 0 Å². The number of pyridine rings is 1. The van der Waals surface area contributed by atoms with Gasteiger partial charge >= 0.3 is 6.09 Å². The van der Waals surface area contributed by atoms with Crippen molar-refractivity contribution in [2.45, 2.75) is 19.3 Å². The third-order valence-electron chi connectivity index (χ3n) is 4.53. The molecule has 1 amide bonds. The molecule has 0 radical (unpaired) electrons. The lowest BCUT2D eigenvalue weighted by molar-refractivity contribution is 0.200. The van der Waals surface area contributed by atoms with E-state index in [0.717, 1.165) is 41.7 Å². The second-order valence-electron chi connectivity index (χ2n) is 6.42. The molecule has 5 heteroatoms. The van der Waals surface area contributed by atoms with Gasteiger partial charge in [0.25, 0.3) is 0 Å². The van der Waals surface area contributed by atoms with Crippen LogP contribution in [-0.2, 0) is 12.8 Å². The lowest BCUT2D eigenvalue weighted by atomic mass is 10.1. The quantitative estimate of drug-likeness (QED) is 0.751. The number of nitrogens with zero attached hydrogens (tertiary/aromatic N) is 1. The highest BCUT2D eigenvalue weighted by Gasteiger charge is 2.10. The first-order chi connectivity index (χ1) is 12.8. The summed E-state index contributed by atoms with van der Waals surface area (Å²) in [6.07, 6.45) is 2.44. The lowest BCUT2D eigenvalue weighted by Gasteiger charge is -2.17. The van der Waals surface area contributed by atoms with E-state index in [9.17, 15) is 4.79 Å². The van der Waals surface area contributed by atoms with E-state index in [1.165, 1.54) is 5.56 Å². The average molecular weight is 347 g/mol. The van der Waals surface area contributed by atoms with E-state index in [1.807, 2.05) is 42.5 Å². The Labute approximate surface area is 152 Å². The second kappa shape index (κ2) is 7.44. The fourth-order valence-corrected chi connectivity index (χ4v) is 3.17. The van der Waals surface area contributed by atoms with E-state index in [-0.39, 0.29) is 0 Å². The zero-order valence-electron chi connectivity index (χ0n) is 14.5.